The van der Waals surface area contributed by atoms with Crippen molar-refractivity contribution >= 4 is 17.3 Å². The number of nitrogens with zero attached hydrogens (tertiary/aromatic N) is 1. The van der Waals surface area contributed by atoms with Gasteiger partial charge in [0.1, 0.15) is 10.8 Å². The number of hydrogen-bond acceptors (Lipinski definition) is 4. The number of carboxylic acids is 1. The molecule has 5 heteroatoms. The normalized spacial score (nSPS) is 12.1. The number of carbonyl (C=O) groups is 1. The third-order valence-corrected chi connectivity index (χ3v) is 4.07. The monoisotopic (exact) mass is 277 g/mol. The molecule has 1 aromatic heterocycles. The van der Waals surface area contributed by atoms with Crippen LogP contribution in [0.2, 0.25) is 0 Å². The first-order valence-corrected chi connectivity index (χ1v) is 6.80. The molecule has 0 saturated heterocycles. The van der Waals surface area contributed by atoms with Gasteiger partial charge in [-0.3, -0.25) is 4.79 Å². The molecule has 0 radical (unpaired) electrons. The summed E-state index contributed by atoms with van der Waals surface area (Å²) in [5, 5.41) is 9.97. The maximum Gasteiger partial charge on any atom is 0.311 e. The van der Waals surface area contributed by atoms with Crippen LogP contribution in [0.1, 0.15) is 24.1 Å². The summed E-state index contributed by atoms with van der Waals surface area (Å²) in [6.45, 7) is 1.87. The molecule has 2 rings (SSSR count). The number of thiazole rings is 1. The summed E-state index contributed by atoms with van der Waals surface area (Å²) in [6, 6.07) is 7.57. The van der Waals surface area contributed by atoms with Crippen LogP contribution in [0, 0.1) is 0 Å². The molecule has 1 heterocycles. The minimum Gasteiger partial charge on any atom is -0.497 e. The fraction of sp³-hybridized carbons (Fsp3) is 0.286. The summed E-state index contributed by atoms with van der Waals surface area (Å²) in [6.07, 6.45) is 2.23. The van der Waals surface area contributed by atoms with Gasteiger partial charge < -0.3 is 9.84 Å². The van der Waals surface area contributed by atoms with E-state index in [9.17, 15) is 4.79 Å². The van der Waals surface area contributed by atoms with Crippen LogP contribution in [-0.4, -0.2) is 23.2 Å². The number of hydrogen-bond donors (Lipinski definition) is 1. The van der Waals surface area contributed by atoms with E-state index in [-0.39, 0.29) is 0 Å². The number of benzene rings is 1. The van der Waals surface area contributed by atoms with E-state index in [1.807, 2.05) is 31.2 Å². The Labute approximate surface area is 115 Å². The van der Waals surface area contributed by atoms with Gasteiger partial charge in [0.25, 0.3) is 0 Å². The van der Waals surface area contributed by atoms with Gasteiger partial charge in [-0.15, -0.1) is 11.3 Å². The van der Waals surface area contributed by atoms with E-state index in [1.165, 1.54) is 11.3 Å². The molecule has 0 bridgehead atoms. The third kappa shape index (κ3) is 2.93. The molecule has 2 aromatic rings. The summed E-state index contributed by atoms with van der Waals surface area (Å²) in [4.78, 5) is 16.2. The number of aliphatic carboxylic acids is 1. The average Bonchev–Trinajstić information content (AvgIpc) is 2.89. The molecule has 1 atom stereocenters. The van der Waals surface area contributed by atoms with Crippen molar-refractivity contribution in [3.63, 3.8) is 0 Å². The van der Waals surface area contributed by atoms with Gasteiger partial charge in [0, 0.05) is 16.6 Å². The molecule has 0 amide bonds. The van der Waals surface area contributed by atoms with E-state index in [2.05, 4.69) is 4.98 Å². The molecule has 0 aliphatic carbocycles. The second kappa shape index (κ2) is 5.84. The number of aromatic nitrogens is 1. The maximum atomic E-state index is 11.1. The van der Waals surface area contributed by atoms with Crippen LogP contribution < -0.4 is 4.74 Å². The van der Waals surface area contributed by atoms with Crippen LogP contribution in [0.15, 0.2) is 30.5 Å². The van der Waals surface area contributed by atoms with Crippen LogP contribution in [0.25, 0.3) is 10.6 Å². The lowest BCUT2D eigenvalue weighted by Crippen LogP contribution is -2.08. The lowest BCUT2D eigenvalue weighted by Gasteiger charge is -2.05. The first-order chi connectivity index (χ1) is 9.15. The van der Waals surface area contributed by atoms with Crippen molar-refractivity contribution in [2.24, 2.45) is 0 Å². The van der Waals surface area contributed by atoms with E-state index in [0.29, 0.717) is 6.42 Å². The standard InChI is InChI=1S/C14H15NO3S/c1-3-11(14(16)17)12-8-15-13(19-12)9-4-6-10(18-2)7-5-9/h4-8,11H,3H2,1-2H3,(H,16,17). The van der Waals surface area contributed by atoms with Gasteiger partial charge in [-0.25, -0.2) is 4.98 Å². The summed E-state index contributed by atoms with van der Waals surface area (Å²) >= 11 is 1.43. The SMILES string of the molecule is CCC(C(=O)O)c1cnc(-c2ccc(OC)cc2)s1. The minimum atomic E-state index is -0.799. The van der Waals surface area contributed by atoms with Crippen LogP contribution in [0.5, 0.6) is 5.75 Å². The molecule has 1 N–H and O–H groups in total. The third-order valence-electron chi connectivity index (χ3n) is 2.91. The summed E-state index contributed by atoms with van der Waals surface area (Å²) in [5.41, 5.74) is 0.970. The van der Waals surface area contributed by atoms with E-state index in [1.54, 1.807) is 13.3 Å². The van der Waals surface area contributed by atoms with Crippen LogP contribution in [0.3, 0.4) is 0 Å². The van der Waals surface area contributed by atoms with E-state index in [4.69, 9.17) is 9.84 Å². The number of carboxylic acid groups (broad SMARTS) is 1. The molecule has 1 aromatic carbocycles. The Hall–Kier alpha value is -1.88. The van der Waals surface area contributed by atoms with Crippen molar-refractivity contribution in [3.8, 4) is 16.3 Å². The quantitative estimate of drug-likeness (QED) is 0.910. The van der Waals surface area contributed by atoms with E-state index in [0.717, 1.165) is 21.2 Å². The highest BCUT2D eigenvalue weighted by Crippen LogP contribution is 2.32. The number of rotatable bonds is 5. The molecule has 19 heavy (non-hydrogen) atoms. The molecular weight excluding hydrogens is 262 g/mol. The van der Waals surface area contributed by atoms with Crippen LogP contribution in [-0.2, 0) is 4.79 Å². The summed E-state index contributed by atoms with van der Waals surface area (Å²) in [5.74, 6) is -0.477. The van der Waals surface area contributed by atoms with Crippen LogP contribution in [0.4, 0.5) is 0 Å². The van der Waals surface area contributed by atoms with Crippen molar-refractivity contribution in [2.75, 3.05) is 7.11 Å². The lowest BCUT2D eigenvalue weighted by atomic mass is 10.1. The average molecular weight is 277 g/mol. The highest BCUT2D eigenvalue weighted by atomic mass is 32.1. The van der Waals surface area contributed by atoms with Gasteiger partial charge in [-0.2, -0.15) is 0 Å². The Kier molecular flexibility index (Phi) is 4.16. The molecule has 100 valence electrons. The fourth-order valence-corrected chi connectivity index (χ4v) is 2.91. The Morgan fingerprint density at radius 1 is 1.42 bits per heavy atom. The van der Waals surface area contributed by atoms with Gasteiger partial charge in [0.05, 0.1) is 13.0 Å². The van der Waals surface area contributed by atoms with Gasteiger partial charge in [0.2, 0.25) is 0 Å². The first kappa shape index (κ1) is 13.5. The Bertz CT molecular complexity index is 562. The van der Waals surface area contributed by atoms with Crippen molar-refractivity contribution in [1.82, 2.24) is 4.98 Å². The summed E-state index contributed by atoms with van der Waals surface area (Å²) in [7, 11) is 1.62. The predicted molar refractivity (Wildman–Crippen MR) is 74.8 cm³/mol. The molecular formula is C14H15NO3S. The maximum absolute atomic E-state index is 11.1. The molecule has 0 aliphatic heterocycles. The highest BCUT2D eigenvalue weighted by Gasteiger charge is 2.20. The molecule has 0 fully saturated rings. The zero-order chi connectivity index (χ0) is 13.8. The lowest BCUT2D eigenvalue weighted by molar-refractivity contribution is -0.138. The van der Waals surface area contributed by atoms with E-state index >= 15 is 0 Å². The highest BCUT2D eigenvalue weighted by molar-refractivity contribution is 7.15. The minimum absolute atomic E-state index is 0.468. The van der Waals surface area contributed by atoms with Crippen LogP contribution >= 0.6 is 11.3 Å². The van der Waals surface area contributed by atoms with Gasteiger partial charge in [-0.1, -0.05) is 6.92 Å². The molecule has 0 spiro atoms. The predicted octanol–water partition coefficient (Wildman–Crippen LogP) is 3.40. The molecule has 0 aliphatic rings. The molecule has 4 nitrogen and oxygen atoms in total. The fourth-order valence-electron chi connectivity index (χ4n) is 1.81. The second-order valence-corrected chi connectivity index (χ2v) is 5.16. The van der Waals surface area contributed by atoms with Crippen molar-refractivity contribution in [1.29, 1.82) is 0 Å². The smallest absolute Gasteiger partial charge is 0.311 e. The van der Waals surface area contributed by atoms with Gasteiger partial charge >= 0.3 is 5.97 Å². The van der Waals surface area contributed by atoms with E-state index < -0.39 is 11.9 Å². The zero-order valence-corrected chi connectivity index (χ0v) is 11.6. The first-order valence-electron chi connectivity index (χ1n) is 5.98. The largest absolute Gasteiger partial charge is 0.497 e. The number of ether oxygens (including phenoxy) is 1. The number of methoxy groups -OCH3 is 1. The van der Waals surface area contributed by atoms with Gasteiger partial charge in [-0.05, 0) is 30.7 Å². The Morgan fingerprint density at radius 3 is 2.63 bits per heavy atom. The topological polar surface area (TPSA) is 59.4 Å². The Balaban J connectivity index is 2.26. The molecule has 0 saturated carbocycles. The van der Waals surface area contributed by atoms with Crippen molar-refractivity contribution in [3.05, 3.63) is 35.3 Å². The summed E-state index contributed by atoms with van der Waals surface area (Å²) < 4.78 is 5.10. The zero-order valence-electron chi connectivity index (χ0n) is 10.8. The van der Waals surface area contributed by atoms with Crippen molar-refractivity contribution < 1.29 is 14.6 Å². The second-order valence-electron chi connectivity index (χ2n) is 4.10. The van der Waals surface area contributed by atoms with Gasteiger partial charge in [0.15, 0.2) is 0 Å². The Morgan fingerprint density at radius 2 is 2.11 bits per heavy atom. The van der Waals surface area contributed by atoms with Crippen molar-refractivity contribution in [2.45, 2.75) is 19.3 Å². The molecule has 1 unspecified atom stereocenters.